The predicted molar refractivity (Wildman–Crippen MR) is 77.7 cm³/mol. The second-order valence-electron chi connectivity index (χ2n) is 5.87. The summed E-state index contributed by atoms with van der Waals surface area (Å²) in [6.45, 7) is 8.66. The number of methoxy groups -OCH3 is 1. The van der Waals surface area contributed by atoms with Crippen molar-refractivity contribution in [2.45, 2.75) is 52.0 Å². The van der Waals surface area contributed by atoms with Gasteiger partial charge in [0.05, 0.1) is 6.61 Å². The Kier molecular flexibility index (Phi) is 7.87. The Morgan fingerprint density at radius 3 is 2.33 bits per heavy atom. The Balaban J connectivity index is 2.36. The zero-order valence-corrected chi connectivity index (χ0v) is 12.5. The SMILES string of the molecule is CCC(C)N(CCOC)CC1CCC(CN)CC1. The van der Waals surface area contributed by atoms with Crippen LogP contribution in [0.4, 0.5) is 0 Å². The van der Waals surface area contributed by atoms with E-state index in [1.807, 2.05) is 0 Å². The fraction of sp³-hybridized carbons (Fsp3) is 1.00. The Labute approximate surface area is 113 Å². The van der Waals surface area contributed by atoms with Crippen molar-refractivity contribution in [3.8, 4) is 0 Å². The van der Waals surface area contributed by atoms with Gasteiger partial charge in [-0.3, -0.25) is 4.90 Å². The van der Waals surface area contributed by atoms with Crippen LogP contribution in [-0.4, -0.2) is 44.3 Å². The molecule has 0 aromatic heterocycles. The minimum absolute atomic E-state index is 0.674. The molecular weight excluding hydrogens is 224 g/mol. The maximum Gasteiger partial charge on any atom is 0.0589 e. The molecule has 1 atom stereocenters. The first-order valence-electron chi connectivity index (χ1n) is 7.64. The second kappa shape index (κ2) is 8.89. The van der Waals surface area contributed by atoms with E-state index in [-0.39, 0.29) is 0 Å². The number of hydrogen-bond acceptors (Lipinski definition) is 3. The molecule has 3 nitrogen and oxygen atoms in total. The van der Waals surface area contributed by atoms with Gasteiger partial charge in [-0.05, 0) is 57.4 Å². The Bertz CT molecular complexity index is 203. The van der Waals surface area contributed by atoms with Crippen LogP contribution in [0, 0.1) is 11.8 Å². The molecule has 108 valence electrons. The number of ether oxygens (including phenoxy) is 1. The highest BCUT2D eigenvalue weighted by Crippen LogP contribution is 2.29. The molecule has 1 aliphatic rings. The molecule has 1 aliphatic carbocycles. The molecule has 18 heavy (non-hydrogen) atoms. The first-order valence-corrected chi connectivity index (χ1v) is 7.64. The van der Waals surface area contributed by atoms with E-state index < -0.39 is 0 Å². The first-order chi connectivity index (χ1) is 8.71. The third kappa shape index (κ3) is 5.25. The minimum Gasteiger partial charge on any atom is -0.383 e. The van der Waals surface area contributed by atoms with E-state index in [2.05, 4.69) is 18.7 Å². The van der Waals surface area contributed by atoms with Gasteiger partial charge in [0, 0.05) is 26.2 Å². The van der Waals surface area contributed by atoms with Crippen molar-refractivity contribution in [1.82, 2.24) is 4.90 Å². The highest BCUT2D eigenvalue weighted by Gasteiger charge is 2.23. The summed E-state index contributed by atoms with van der Waals surface area (Å²) in [5.41, 5.74) is 5.76. The molecule has 1 fully saturated rings. The van der Waals surface area contributed by atoms with Crippen molar-refractivity contribution in [3.05, 3.63) is 0 Å². The fourth-order valence-electron chi connectivity index (χ4n) is 2.94. The molecule has 0 heterocycles. The van der Waals surface area contributed by atoms with Crippen LogP contribution in [-0.2, 0) is 4.74 Å². The van der Waals surface area contributed by atoms with Crippen molar-refractivity contribution >= 4 is 0 Å². The van der Waals surface area contributed by atoms with Gasteiger partial charge in [-0.1, -0.05) is 6.92 Å². The molecule has 0 aromatic rings. The van der Waals surface area contributed by atoms with E-state index in [0.29, 0.717) is 6.04 Å². The largest absolute Gasteiger partial charge is 0.383 e. The van der Waals surface area contributed by atoms with Crippen LogP contribution in [0.15, 0.2) is 0 Å². The minimum atomic E-state index is 0.674. The number of rotatable bonds is 8. The topological polar surface area (TPSA) is 38.5 Å². The lowest BCUT2D eigenvalue weighted by atomic mass is 9.81. The predicted octanol–water partition coefficient (Wildman–Crippen LogP) is 2.50. The van der Waals surface area contributed by atoms with Gasteiger partial charge < -0.3 is 10.5 Å². The van der Waals surface area contributed by atoms with Crippen molar-refractivity contribution in [2.24, 2.45) is 17.6 Å². The van der Waals surface area contributed by atoms with Crippen molar-refractivity contribution in [1.29, 1.82) is 0 Å². The zero-order valence-electron chi connectivity index (χ0n) is 12.5. The van der Waals surface area contributed by atoms with Crippen LogP contribution in [0.1, 0.15) is 46.0 Å². The van der Waals surface area contributed by atoms with Crippen LogP contribution >= 0.6 is 0 Å². The maximum atomic E-state index is 5.76. The molecular formula is C15H32N2O. The van der Waals surface area contributed by atoms with Gasteiger partial charge in [0.2, 0.25) is 0 Å². The Hall–Kier alpha value is -0.120. The Morgan fingerprint density at radius 1 is 1.22 bits per heavy atom. The van der Waals surface area contributed by atoms with Gasteiger partial charge in [0.15, 0.2) is 0 Å². The highest BCUT2D eigenvalue weighted by molar-refractivity contribution is 4.77. The van der Waals surface area contributed by atoms with E-state index in [1.165, 1.54) is 38.6 Å². The summed E-state index contributed by atoms with van der Waals surface area (Å²) in [6, 6.07) is 0.674. The molecule has 0 amide bonds. The summed E-state index contributed by atoms with van der Waals surface area (Å²) < 4.78 is 5.23. The van der Waals surface area contributed by atoms with Crippen molar-refractivity contribution in [3.63, 3.8) is 0 Å². The van der Waals surface area contributed by atoms with Crippen LogP contribution in [0.3, 0.4) is 0 Å². The molecule has 0 aliphatic heterocycles. The highest BCUT2D eigenvalue weighted by atomic mass is 16.5. The quantitative estimate of drug-likeness (QED) is 0.725. The summed E-state index contributed by atoms with van der Waals surface area (Å²) in [4.78, 5) is 2.61. The van der Waals surface area contributed by atoms with E-state index in [1.54, 1.807) is 7.11 Å². The Morgan fingerprint density at radius 2 is 1.83 bits per heavy atom. The zero-order chi connectivity index (χ0) is 13.4. The summed E-state index contributed by atoms with van der Waals surface area (Å²) >= 11 is 0. The molecule has 1 saturated carbocycles. The molecule has 1 unspecified atom stereocenters. The van der Waals surface area contributed by atoms with Crippen LogP contribution in [0.2, 0.25) is 0 Å². The molecule has 1 rings (SSSR count). The summed E-state index contributed by atoms with van der Waals surface area (Å²) in [6.07, 6.45) is 6.62. The molecule has 2 N–H and O–H groups in total. The average Bonchev–Trinajstić information content (AvgIpc) is 2.43. The van der Waals surface area contributed by atoms with Crippen LogP contribution in [0.25, 0.3) is 0 Å². The summed E-state index contributed by atoms with van der Waals surface area (Å²) in [7, 11) is 1.79. The lowest BCUT2D eigenvalue weighted by molar-refractivity contribution is 0.0977. The average molecular weight is 256 g/mol. The first kappa shape index (κ1) is 15.9. The third-order valence-electron chi connectivity index (χ3n) is 4.59. The van der Waals surface area contributed by atoms with E-state index in [4.69, 9.17) is 10.5 Å². The molecule has 0 aromatic carbocycles. The van der Waals surface area contributed by atoms with Gasteiger partial charge in [-0.25, -0.2) is 0 Å². The molecule has 0 radical (unpaired) electrons. The van der Waals surface area contributed by atoms with Crippen molar-refractivity contribution < 1.29 is 4.74 Å². The number of hydrogen-bond donors (Lipinski definition) is 1. The van der Waals surface area contributed by atoms with E-state index in [0.717, 1.165) is 31.5 Å². The molecule has 0 bridgehead atoms. The molecule has 3 heteroatoms. The van der Waals surface area contributed by atoms with E-state index >= 15 is 0 Å². The van der Waals surface area contributed by atoms with Crippen molar-refractivity contribution in [2.75, 3.05) is 33.4 Å². The van der Waals surface area contributed by atoms with Crippen LogP contribution < -0.4 is 5.73 Å². The summed E-state index contributed by atoms with van der Waals surface area (Å²) in [5.74, 6) is 1.66. The number of nitrogens with zero attached hydrogens (tertiary/aromatic N) is 1. The van der Waals surface area contributed by atoms with Crippen LogP contribution in [0.5, 0.6) is 0 Å². The van der Waals surface area contributed by atoms with Gasteiger partial charge >= 0.3 is 0 Å². The van der Waals surface area contributed by atoms with E-state index in [9.17, 15) is 0 Å². The van der Waals surface area contributed by atoms with Gasteiger partial charge in [-0.15, -0.1) is 0 Å². The smallest absolute Gasteiger partial charge is 0.0589 e. The fourth-order valence-corrected chi connectivity index (χ4v) is 2.94. The number of nitrogens with two attached hydrogens (primary N) is 1. The third-order valence-corrected chi connectivity index (χ3v) is 4.59. The summed E-state index contributed by atoms with van der Waals surface area (Å²) in [5, 5.41) is 0. The lowest BCUT2D eigenvalue weighted by Gasteiger charge is -2.35. The standard InChI is InChI=1S/C15H32N2O/c1-4-13(2)17(9-10-18-3)12-15-7-5-14(11-16)6-8-15/h13-15H,4-12,16H2,1-3H3. The second-order valence-corrected chi connectivity index (χ2v) is 5.87. The monoisotopic (exact) mass is 256 g/mol. The molecule has 0 spiro atoms. The van der Waals surface area contributed by atoms with Gasteiger partial charge in [0.1, 0.15) is 0 Å². The maximum absolute atomic E-state index is 5.76. The normalized spacial score (nSPS) is 26.5. The lowest BCUT2D eigenvalue weighted by Crippen LogP contribution is -2.40. The van der Waals surface area contributed by atoms with Gasteiger partial charge in [-0.2, -0.15) is 0 Å². The molecule has 0 saturated heterocycles. The van der Waals surface area contributed by atoms with Gasteiger partial charge in [0.25, 0.3) is 0 Å².